The Hall–Kier alpha value is -0.650. The van der Waals surface area contributed by atoms with E-state index in [0.29, 0.717) is 39.1 Å². The van der Waals surface area contributed by atoms with E-state index in [0.717, 1.165) is 19.3 Å². The Morgan fingerprint density at radius 3 is 2.58 bits per heavy atom. The molecule has 0 radical (unpaired) electrons. The minimum Gasteiger partial charge on any atom is -0.465 e. The molecule has 0 aromatic carbocycles. The van der Waals surface area contributed by atoms with Crippen molar-refractivity contribution < 1.29 is 24.1 Å². The molecule has 1 spiro atoms. The van der Waals surface area contributed by atoms with Gasteiger partial charge in [-0.25, -0.2) is 0 Å². The number of rotatable bonds is 5. The molecule has 2 rings (SSSR count). The van der Waals surface area contributed by atoms with E-state index >= 15 is 0 Å². The summed E-state index contributed by atoms with van der Waals surface area (Å²) in [6.45, 7) is 3.29. The standard InChI is InChI=1S/C14H24O5/c1-2-17-12(16)13(7-5-9-15)6-3-4-8-14(13)18-10-11-19-14/h15H,2-11H2,1H3/t13-/m1/s1. The minimum atomic E-state index is -0.827. The van der Waals surface area contributed by atoms with Gasteiger partial charge in [-0.05, 0) is 32.6 Å². The molecule has 0 aromatic heterocycles. The van der Waals surface area contributed by atoms with Crippen LogP contribution in [-0.2, 0) is 19.0 Å². The van der Waals surface area contributed by atoms with Crippen molar-refractivity contribution in [1.29, 1.82) is 0 Å². The lowest BCUT2D eigenvalue weighted by Crippen LogP contribution is -2.56. The number of hydrogen-bond acceptors (Lipinski definition) is 5. The fraction of sp³-hybridized carbons (Fsp3) is 0.929. The molecular weight excluding hydrogens is 248 g/mol. The normalized spacial score (nSPS) is 29.6. The number of aliphatic hydroxyl groups is 1. The molecule has 0 unspecified atom stereocenters. The van der Waals surface area contributed by atoms with Crippen molar-refractivity contribution in [2.45, 2.75) is 51.2 Å². The summed E-state index contributed by atoms with van der Waals surface area (Å²) in [7, 11) is 0. The molecule has 2 aliphatic rings. The van der Waals surface area contributed by atoms with Crippen LogP contribution in [0.25, 0.3) is 0 Å². The number of esters is 1. The van der Waals surface area contributed by atoms with E-state index in [9.17, 15) is 4.79 Å². The first-order chi connectivity index (χ1) is 9.21. The number of carbonyl (C=O) groups is 1. The van der Waals surface area contributed by atoms with Gasteiger partial charge in [0.1, 0.15) is 5.41 Å². The summed E-state index contributed by atoms with van der Waals surface area (Å²) in [5.74, 6) is -1.06. The Labute approximate surface area is 114 Å². The van der Waals surface area contributed by atoms with Gasteiger partial charge in [-0.3, -0.25) is 4.79 Å². The molecule has 1 aliphatic carbocycles. The topological polar surface area (TPSA) is 65.0 Å². The fourth-order valence-electron chi connectivity index (χ4n) is 3.41. The molecule has 0 bridgehead atoms. The molecule has 5 nitrogen and oxygen atoms in total. The van der Waals surface area contributed by atoms with Gasteiger partial charge in [0.15, 0.2) is 5.79 Å². The summed E-state index contributed by atoms with van der Waals surface area (Å²) in [6.07, 6.45) is 4.54. The molecule has 0 aromatic rings. The number of hydrogen-bond donors (Lipinski definition) is 1. The van der Waals surface area contributed by atoms with Gasteiger partial charge in [-0.2, -0.15) is 0 Å². The Morgan fingerprint density at radius 1 is 1.26 bits per heavy atom. The molecule has 0 amide bonds. The second-order valence-corrected chi connectivity index (χ2v) is 5.29. The van der Waals surface area contributed by atoms with Gasteiger partial charge in [0.05, 0.1) is 19.8 Å². The Balaban J connectivity index is 2.29. The molecule has 2 fully saturated rings. The van der Waals surface area contributed by atoms with Crippen molar-refractivity contribution in [2.24, 2.45) is 5.41 Å². The Morgan fingerprint density at radius 2 is 1.95 bits per heavy atom. The maximum absolute atomic E-state index is 12.5. The van der Waals surface area contributed by atoms with Crippen LogP contribution in [0.15, 0.2) is 0 Å². The van der Waals surface area contributed by atoms with Gasteiger partial charge >= 0.3 is 5.97 Å². The summed E-state index contributed by atoms with van der Waals surface area (Å²) in [5, 5.41) is 9.12. The van der Waals surface area contributed by atoms with Crippen LogP contribution in [0.1, 0.15) is 45.4 Å². The highest BCUT2D eigenvalue weighted by Gasteiger charge is 2.61. The predicted octanol–water partition coefficient (Wildman–Crippen LogP) is 1.63. The maximum atomic E-state index is 12.5. The van der Waals surface area contributed by atoms with E-state index < -0.39 is 11.2 Å². The molecule has 1 saturated carbocycles. The molecule has 1 saturated heterocycles. The Kier molecular flexibility index (Phi) is 4.81. The van der Waals surface area contributed by atoms with E-state index in [1.54, 1.807) is 0 Å². The van der Waals surface area contributed by atoms with E-state index in [1.807, 2.05) is 6.92 Å². The van der Waals surface area contributed by atoms with E-state index in [2.05, 4.69) is 0 Å². The number of ether oxygens (including phenoxy) is 3. The van der Waals surface area contributed by atoms with Crippen molar-refractivity contribution >= 4 is 5.97 Å². The second-order valence-electron chi connectivity index (χ2n) is 5.29. The van der Waals surface area contributed by atoms with Crippen LogP contribution >= 0.6 is 0 Å². The van der Waals surface area contributed by atoms with Crippen LogP contribution in [0.3, 0.4) is 0 Å². The van der Waals surface area contributed by atoms with Crippen LogP contribution in [0, 0.1) is 5.41 Å². The third kappa shape index (κ3) is 2.51. The van der Waals surface area contributed by atoms with E-state index in [1.165, 1.54) is 0 Å². The van der Waals surface area contributed by atoms with E-state index in [-0.39, 0.29) is 12.6 Å². The average molecular weight is 272 g/mol. The third-order valence-corrected chi connectivity index (χ3v) is 4.27. The van der Waals surface area contributed by atoms with Crippen molar-refractivity contribution in [3.8, 4) is 0 Å². The predicted molar refractivity (Wildman–Crippen MR) is 68.5 cm³/mol. The molecule has 19 heavy (non-hydrogen) atoms. The maximum Gasteiger partial charge on any atom is 0.317 e. The highest BCUT2D eigenvalue weighted by molar-refractivity contribution is 5.78. The van der Waals surface area contributed by atoms with Gasteiger partial charge in [0.2, 0.25) is 0 Å². The van der Waals surface area contributed by atoms with Crippen LogP contribution in [0.2, 0.25) is 0 Å². The zero-order valence-electron chi connectivity index (χ0n) is 11.7. The molecule has 1 N–H and O–H groups in total. The van der Waals surface area contributed by atoms with Gasteiger partial charge in [0.25, 0.3) is 0 Å². The summed E-state index contributed by atoms with van der Waals surface area (Å²) < 4.78 is 17.0. The van der Waals surface area contributed by atoms with E-state index in [4.69, 9.17) is 19.3 Å². The monoisotopic (exact) mass is 272 g/mol. The van der Waals surface area contributed by atoms with Gasteiger partial charge in [0, 0.05) is 13.0 Å². The van der Waals surface area contributed by atoms with Crippen LogP contribution in [0.5, 0.6) is 0 Å². The number of carbonyl (C=O) groups excluding carboxylic acids is 1. The third-order valence-electron chi connectivity index (χ3n) is 4.27. The summed E-state index contributed by atoms with van der Waals surface area (Å²) in [5.41, 5.74) is -0.750. The highest BCUT2D eigenvalue weighted by atomic mass is 16.7. The lowest BCUT2D eigenvalue weighted by molar-refractivity contribution is -0.261. The molecule has 1 atom stereocenters. The average Bonchev–Trinajstić information content (AvgIpc) is 2.88. The first-order valence-electron chi connectivity index (χ1n) is 7.27. The summed E-state index contributed by atoms with van der Waals surface area (Å²) in [6, 6.07) is 0. The van der Waals surface area contributed by atoms with Gasteiger partial charge < -0.3 is 19.3 Å². The lowest BCUT2D eigenvalue weighted by atomic mass is 9.66. The van der Waals surface area contributed by atoms with Gasteiger partial charge in [-0.15, -0.1) is 0 Å². The zero-order chi connectivity index (χ0) is 13.8. The van der Waals surface area contributed by atoms with Crippen molar-refractivity contribution in [2.75, 3.05) is 26.4 Å². The van der Waals surface area contributed by atoms with Gasteiger partial charge in [-0.1, -0.05) is 6.42 Å². The molecule has 1 aliphatic heterocycles. The molecule has 1 heterocycles. The summed E-state index contributed by atoms with van der Waals surface area (Å²) >= 11 is 0. The van der Waals surface area contributed by atoms with Crippen molar-refractivity contribution in [1.82, 2.24) is 0 Å². The number of aliphatic hydroxyl groups excluding tert-OH is 1. The highest BCUT2D eigenvalue weighted by Crippen LogP contribution is 2.52. The first-order valence-corrected chi connectivity index (χ1v) is 7.27. The SMILES string of the molecule is CCOC(=O)[C@]1(CCCO)CCCCC12OCCO2. The largest absolute Gasteiger partial charge is 0.465 e. The quantitative estimate of drug-likeness (QED) is 0.771. The Bertz CT molecular complexity index is 311. The van der Waals surface area contributed by atoms with Crippen LogP contribution in [0.4, 0.5) is 0 Å². The zero-order valence-corrected chi connectivity index (χ0v) is 11.7. The molecule has 110 valence electrons. The van der Waals surface area contributed by atoms with Crippen LogP contribution < -0.4 is 0 Å². The first kappa shape index (κ1) is 14.8. The smallest absolute Gasteiger partial charge is 0.317 e. The summed E-state index contributed by atoms with van der Waals surface area (Å²) in [4.78, 5) is 12.5. The molecule has 5 heteroatoms. The molecular formula is C14H24O5. The second kappa shape index (κ2) is 6.20. The van der Waals surface area contributed by atoms with Crippen molar-refractivity contribution in [3.05, 3.63) is 0 Å². The minimum absolute atomic E-state index is 0.0667. The van der Waals surface area contributed by atoms with Crippen molar-refractivity contribution in [3.63, 3.8) is 0 Å². The fourth-order valence-corrected chi connectivity index (χ4v) is 3.41. The van der Waals surface area contributed by atoms with Crippen LogP contribution in [-0.4, -0.2) is 43.3 Å². The lowest BCUT2D eigenvalue weighted by Gasteiger charge is -2.47.